The van der Waals surface area contributed by atoms with E-state index in [0.29, 0.717) is 0 Å². The minimum atomic E-state index is -0.389. The second-order valence-corrected chi connectivity index (χ2v) is 3.69. The van der Waals surface area contributed by atoms with Gasteiger partial charge in [-0.25, -0.2) is 0 Å². The predicted molar refractivity (Wildman–Crippen MR) is 62.4 cm³/mol. The van der Waals surface area contributed by atoms with Crippen LogP contribution in [0.5, 0.6) is 0 Å². The van der Waals surface area contributed by atoms with Gasteiger partial charge in [0, 0.05) is 23.2 Å². The van der Waals surface area contributed by atoms with Crippen molar-refractivity contribution in [2.24, 2.45) is 0 Å². The Morgan fingerprint density at radius 2 is 2.12 bits per heavy atom. The Hall–Kier alpha value is -1.97. The fraction of sp³-hybridized carbons (Fsp3) is 0.250. The molecule has 4 nitrogen and oxygen atoms in total. The zero-order valence-corrected chi connectivity index (χ0v) is 9.01. The van der Waals surface area contributed by atoms with E-state index in [2.05, 4.69) is 11.9 Å². The summed E-state index contributed by atoms with van der Waals surface area (Å²) in [6.07, 6.45) is 1.98. The number of nitro benzene ring substituents is 1. The fourth-order valence-electron chi connectivity index (χ4n) is 1.66. The SMILES string of the molecule is CCCc1ccc2cc([N+](=O)[O-])ccc2n1. The Labute approximate surface area is 93.1 Å². The van der Waals surface area contributed by atoms with Crippen molar-refractivity contribution in [2.75, 3.05) is 0 Å². The second-order valence-electron chi connectivity index (χ2n) is 3.69. The monoisotopic (exact) mass is 216 g/mol. The summed E-state index contributed by atoms with van der Waals surface area (Å²) in [5.41, 5.74) is 1.96. The molecule has 0 bridgehead atoms. The first-order valence-electron chi connectivity index (χ1n) is 5.25. The topological polar surface area (TPSA) is 56.0 Å². The number of pyridine rings is 1. The van der Waals surface area contributed by atoms with Crippen LogP contribution in [0.2, 0.25) is 0 Å². The first-order chi connectivity index (χ1) is 7.70. The molecule has 0 spiro atoms. The summed E-state index contributed by atoms with van der Waals surface area (Å²) in [5.74, 6) is 0. The highest BCUT2D eigenvalue weighted by Gasteiger charge is 2.06. The van der Waals surface area contributed by atoms with Gasteiger partial charge in [0.2, 0.25) is 0 Å². The van der Waals surface area contributed by atoms with E-state index < -0.39 is 0 Å². The third-order valence-corrected chi connectivity index (χ3v) is 2.45. The largest absolute Gasteiger partial charge is 0.270 e. The molecule has 0 saturated heterocycles. The first-order valence-corrected chi connectivity index (χ1v) is 5.25. The van der Waals surface area contributed by atoms with E-state index in [9.17, 15) is 10.1 Å². The summed E-state index contributed by atoms with van der Waals surface area (Å²) in [7, 11) is 0. The Morgan fingerprint density at radius 3 is 2.81 bits per heavy atom. The highest BCUT2D eigenvalue weighted by atomic mass is 16.6. The Balaban J connectivity index is 2.48. The molecule has 0 saturated carbocycles. The summed E-state index contributed by atoms with van der Waals surface area (Å²) >= 11 is 0. The number of aryl methyl sites for hydroxylation is 1. The molecule has 0 aliphatic heterocycles. The van der Waals surface area contributed by atoms with Crippen LogP contribution in [0.25, 0.3) is 10.9 Å². The van der Waals surface area contributed by atoms with Gasteiger partial charge in [0.25, 0.3) is 5.69 Å². The molecule has 0 radical (unpaired) electrons. The highest BCUT2D eigenvalue weighted by molar-refractivity contribution is 5.81. The van der Waals surface area contributed by atoms with Crippen LogP contribution in [0.1, 0.15) is 19.0 Å². The van der Waals surface area contributed by atoms with Gasteiger partial charge in [-0.15, -0.1) is 0 Å². The molecule has 1 heterocycles. The van der Waals surface area contributed by atoms with Crippen LogP contribution < -0.4 is 0 Å². The fourth-order valence-corrected chi connectivity index (χ4v) is 1.66. The van der Waals surface area contributed by atoms with E-state index in [1.807, 2.05) is 12.1 Å². The Kier molecular flexibility index (Phi) is 2.81. The van der Waals surface area contributed by atoms with E-state index in [4.69, 9.17) is 0 Å². The second kappa shape index (κ2) is 4.26. The standard InChI is InChI=1S/C12H12N2O2/c1-2-3-10-5-4-9-8-11(14(15)16)6-7-12(9)13-10/h4-8H,2-3H2,1H3. The number of hydrogen-bond acceptors (Lipinski definition) is 3. The zero-order valence-electron chi connectivity index (χ0n) is 9.01. The average Bonchev–Trinajstić information content (AvgIpc) is 2.28. The summed E-state index contributed by atoms with van der Waals surface area (Å²) in [6, 6.07) is 8.56. The maximum Gasteiger partial charge on any atom is 0.270 e. The van der Waals surface area contributed by atoms with Gasteiger partial charge in [0.1, 0.15) is 0 Å². The Bertz CT molecular complexity index is 538. The molecule has 0 fully saturated rings. The van der Waals surface area contributed by atoms with E-state index in [1.54, 1.807) is 12.1 Å². The molecule has 82 valence electrons. The lowest BCUT2D eigenvalue weighted by molar-refractivity contribution is -0.384. The van der Waals surface area contributed by atoms with Gasteiger partial charge < -0.3 is 0 Å². The quantitative estimate of drug-likeness (QED) is 0.585. The lowest BCUT2D eigenvalue weighted by atomic mass is 10.1. The van der Waals surface area contributed by atoms with Crippen molar-refractivity contribution >= 4 is 16.6 Å². The summed E-state index contributed by atoms with van der Waals surface area (Å²) < 4.78 is 0. The first kappa shape index (κ1) is 10.5. The molecular weight excluding hydrogens is 204 g/mol. The lowest BCUT2D eigenvalue weighted by Crippen LogP contribution is -1.91. The number of non-ortho nitro benzene ring substituents is 1. The van der Waals surface area contributed by atoms with Crippen LogP contribution in [0.3, 0.4) is 0 Å². The third kappa shape index (κ3) is 2.00. The molecule has 0 N–H and O–H groups in total. The number of nitrogens with zero attached hydrogens (tertiary/aromatic N) is 2. The van der Waals surface area contributed by atoms with Crippen molar-refractivity contribution in [3.05, 3.63) is 46.1 Å². The maximum atomic E-state index is 10.6. The van der Waals surface area contributed by atoms with Crippen molar-refractivity contribution < 1.29 is 4.92 Å². The number of hydrogen-bond donors (Lipinski definition) is 0. The van der Waals surface area contributed by atoms with Gasteiger partial charge in [-0.3, -0.25) is 15.1 Å². The van der Waals surface area contributed by atoms with Gasteiger partial charge in [-0.05, 0) is 18.6 Å². The minimum absolute atomic E-state index is 0.109. The molecule has 0 aliphatic carbocycles. The molecule has 4 heteroatoms. The van der Waals surface area contributed by atoms with Crippen LogP contribution >= 0.6 is 0 Å². The number of rotatable bonds is 3. The van der Waals surface area contributed by atoms with Crippen LogP contribution in [0.4, 0.5) is 5.69 Å². The lowest BCUT2D eigenvalue weighted by Gasteiger charge is -2.01. The molecule has 2 aromatic rings. The van der Waals surface area contributed by atoms with Crippen molar-refractivity contribution in [2.45, 2.75) is 19.8 Å². The third-order valence-electron chi connectivity index (χ3n) is 2.45. The van der Waals surface area contributed by atoms with Crippen LogP contribution in [-0.4, -0.2) is 9.91 Å². The number of aromatic nitrogens is 1. The summed E-state index contributed by atoms with van der Waals surface area (Å²) in [6.45, 7) is 2.10. The van der Waals surface area contributed by atoms with Gasteiger partial charge in [0.05, 0.1) is 10.4 Å². The number of fused-ring (bicyclic) bond motifs is 1. The van der Waals surface area contributed by atoms with Gasteiger partial charge in [-0.2, -0.15) is 0 Å². The van der Waals surface area contributed by atoms with Crippen LogP contribution in [0.15, 0.2) is 30.3 Å². The maximum absolute atomic E-state index is 10.6. The average molecular weight is 216 g/mol. The van der Waals surface area contributed by atoms with Gasteiger partial charge in [-0.1, -0.05) is 19.4 Å². The molecule has 0 atom stereocenters. The summed E-state index contributed by atoms with van der Waals surface area (Å²) in [5, 5.41) is 11.4. The molecule has 0 aliphatic rings. The van der Waals surface area contributed by atoms with Crippen molar-refractivity contribution in [1.82, 2.24) is 4.98 Å². The molecule has 2 rings (SSSR count). The normalized spacial score (nSPS) is 10.6. The van der Waals surface area contributed by atoms with E-state index in [1.165, 1.54) is 6.07 Å². The molecule has 0 amide bonds. The van der Waals surface area contributed by atoms with Gasteiger partial charge >= 0.3 is 0 Å². The van der Waals surface area contributed by atoms with Crippen molar-refractivity contribution in [3.8, 4) is 0 Å². The van der Waals surface area contributed by atoms with E-state index >= 15 is 0 Å². The smallest absolute Gasteiger partial charge is 0.258 e. The molecule has 0 unspecified atom stereocenters. The van der Waals surface area contributed by atoms with Crippen LogP contribution in [0, 0.1) is 10.1 Å². The molecule has 1 aromatic heterocycles. The minimum Gasteiger partial charge on any atom is -0.258 e. The molecular formula is C12H12N2O2. The molecule has 16 heavy (non-hydrogen) atoms. The zero-order chi connectivity index (χ0) is 11.5. The summed E-state index contributed by atoms with van der Waals surface area (Å²) in [4.78, 5) is 14.7. The predicted octanol–water partition coefficient (Wildman–Crippen LogP) is 3.10. The number of nitro groups is 1. The van der Waals surface area contributed by atoms with E-state index in [-0.39, 0.29) is 10.6 Å². The van der Waals surface area contributed by atoms with Gasteiger partial charge in [0.15, 0.2) is 0 Å². The number of benzene rings is 1. The van der Waals surface area contributed by atoms with Crippen LogP contribution in [-0.2, 0) is 6.42 Å². The molecule has 1 aromatic carbocycles. The van der Waals surface area contributed by atoms with E-state index in [0.717, 1.165) is 29.4 Å². The van der Waals surface area contributed by atoms with Crippen molar-refractivity contribution in [3.63, 3.8) is 0 Å². The Morgan fingerprint density at radius 1 is 1.31 bits per heavy atom. The van der Waals surface area contributed by atoms with Crippen molar-refractivity contribution in [1.29, 1.82) is 0 Å². The highest BCUT2D eigenvalue weighted by Crippen LogP contribution is 2.19.